The fourth-order valence-corrected chi connectivity index (χ4v) is 6.75. The monoisotopic (exact) mass is 647 g/mol. The quantitative estimate of drug-likeness (QED) is 0.230. The van der Waals surface area contributed by atoms with Crippen LogP contribution in [-0.4, -0.2) is 57.5 Å². The van der Waals surface area contributed by atoms with Gasteiger partial charge in [-0.3, -0.25) is 13.9 Å². The Balaban J connectivity index is 1.58. The molecule has 1 atom stereocenters. The van der Waals surface area contributed by atoms with Gasteiger partial charge in [-0.25, -0.2) is 8.42 Å². The van der Waals surface area contributed by atoms with Crippen LogP contribution in [0.1, 0.15) is 18.1 Å². The Labute approximate surface area is 268 Å². The van der Waals surface area contributed by atoms with Gasteiger partial charge < -0.3 is 19.7 Å². The van der Waals surface area contributed by atoms with Crippen LogP contribution in [-0.2, 0) is 32.6 Å². The van der Waals surface area contributed by atoms with Gasteiger partial charge >= 0.3 is 0 Å². The lowest BCUT2D eigenvalue weighted by atomic mass is 10.0. The second-order valence-electron chi connectivity index (χ2n) is 10.4. The first-order valence-corrected chi connectivity index (χ1v) is 16.4. The van der Waals surface area contributed by atoms with Crippen LogP contribution in [0.3, 0.4) is 0 Å². The number of ether oxygens (including phenoxy) is 2. The number of hydrogen-bond acceptors (Lipinski definition) is 6. The van der Waals surface area contributed by atoms with Crippen molar-refractivity contribution in [2.45, 2.75) is 30.8 Å². The number of amides is 2. The summed E-state index contributed by atoms with van der Waals surface area (Å²) < 4.78 is 40.7. The van der Waals surface area contributed by atoms with E-state index in [-0.39, 0.29) is 29.5 Å². The largest absolute Gasteiger partial charge is 0.486 e. The Kier molecular flexibility index (Phi) is 10.3. The Morgan fingerprint density at radius 1 is 0.844 bits per heavy atom. The molecule has 0 saturated carbocycles. The van der Waals surface area contributed by atoms with E-state index in [1.165, 1.54) is 17.0 Å². The van der Waals surface area contributed by atoms with Crippen molar-refractivity contribution >= 4 is 39.1 Å². The lowest BCUT2D eigenvalue weighted by Gasteiger charge is -2.34. The fourth-order valence-electron chi connectivity index (χ4n) is 5.11. The number of likely N-dealkylation sites (N-methyl/N-ethyl adjacent to an activating group) is 1. The molecule has 1 heterocycles. The van der Waals surface area contributed by atoms with E-state index in [0.717, 1.165) is 9.87 Å². The maximum absolute atomic E-state index is 14.5. The summed E-state index contributed by atoms with van der Waals surface area (Å²) in [6.45, 7) is 2.28. The van der Waals surface area contributed by atoms with Crippen LogP contribution >= 0.6 is 11.6 Å². The minimum absolute atomic E-state index is 0.0126. The molecule has 4 aromatic carbocycles. The van der Waals surface area contributed by atoms with Crippen LogP contribution in [0.2, 0.25) is 5.02 Å². The number of fused-ring (bicyclic) bond motifs is 1. The molecule has 2 amide bonds. The molecule has 45 heavy (non-hydrogen) atoms. The van der Waals surface area contributed by atoms with Crippen LogP contribution in [0, 0.1) is 0 Å². The second kappa shape index (κ2) is 14.5. The third-order valence-electron chi connectivity index (χ3n) is 7.29. The summed E-state index contributed by atoms with van der Waals surface area (Å²) in [6, 6.07) is 28.1. The number of halogens is 1. The van der Waals surface area contributed by atoms with Crippen molar-refractivity contribution in [2.24, 2.45) is 0 Å². The van der Waals surface area contributed by atoms with Gasteiger partial charge in [0.1, 0.15) is 25.8 Å². The third-order valence-corrected chi connectivity index (χ3v) is 9.31. The summed E-state index contributed by atoms with van der Waals surface area (Å²) in [5, 5.41) is 3.33. The number of carbonyl (C=O) groups excluding carboxylic acids is 2. The molecule has 0 saturated heterocycles. The van der Waals surface area contributed by atoms with Crippen molar-refractivity contribution in [3.05, 3.63) is 119 Å². The highest BCUT2D eigenvalue weighted by atomic mass is 35.5. The number of benzene rings is 4. The highest BCUT2D eigenvalue weighted by Gasteiger charge is 2.35. The van der Waals surface area contributed by atoms with Gasteiger partial charge in [-0.05, 0) is 54.4 Å². The molecule has 9 nitrogen and oxygen atoms in total. The normalized spacial score (nSPS) is 13.0. The summed E-state index contributed by atoms with van der Waals surface area (Å²) >= 11 is 6.29. The van der Waals surface area contributed by atoms with E-state index in [4.69, 9.17) is 21.1 Å². The number of nitrogens with zero attached hydrogens (tertiary/aromatic N) is 2. The van der Waals surface area contributed by atoms with E-state index in [1.807, 2.05) is 36.4 Å². The highest BCUT2D eigenvalue weighted by Crippen LogP contribution is 2.36. The lowest BCUT2D eigenvalue weighted by molar-refractivity contribution is -0.140. The van der Waals surface area contributed by atoms with Crippen LogP contribution in [0.5, 0.6) is 11.5 Å². The predicted octanol–water partition coefficient (Wildman–Crippen LogP) is 5.08. The first-order chi connectivity index (χ1) is 21.8. The molecule has 1 N–H and O–H groups in total. The van der Waals surface area contributed by atoms with E-state index in [2.05, 4.69) is 5.32 Å². The average Bonchev–Trinajstić information content (AvgIpc) is 3.06. The molecule has 11 heteroatoms. The van der Waals surface area contributed by atoms with Crippen molar-refractivity contribution in [1.82, 2.24) is 10.2 Å². The second-order valence-corrected chi connectivity index (χ2v) is 12.7. The Bertz CT molecular complexity index is 1740. The number of anilines is 1. The zero-order valence-electron chi connectivity index (χ0n) is 24.8. The van der Waals surface area contributed by atoms with Crippen LogP contribution in [0.4, 0.5) is 5.69 Å². The van der Waals surface area contributed by atoms with E-state index in [0.29, 0.717) is 41.8 Å². The van der Waals surface area contributed by atoms with E-state index >= 15 is 0 Å². The number of carbonyl (C=O) groups is 2. The molecule has 0 fully saturated rings. The van der Waals surface area contributed by atoms with Crippen molar-refractivity contribution in [3.63, 3.8) is 0 Å². The smallest absolute Gasteiger partial charge is 0.264 e. The lowest BCUT2D eigenvalue weighted by Crippen LogP contribution is -2.53. The van der Waals surface area contributed by atoms with Crippen LogP contribution in [0.25, 0.3) is 0 Å². The van der Waals surface area contributed by atoms with Gasteiger partial charge in [0.25, 0.3) is 10.0 Å². The molecule has 0 aromatic heterocycles. The van der Waals surface area contributed by atoms with Crippen molar-refractivity contribution in [1.29, 1.82) is 0 Å². The molecular formula is C34H34ClN3O6S. The molecule has 0 bridgehead atoms. The average molecular weight is 648 g/mol. The Morgan fingerprint density at radius 3 is 2.20 bits per heavy atom. The summed E-state index contributed by atoms with van der Waals surface area (Å²) in [5.41, 5.74) is 1.75. The number of rotatable bonds is 12. The molecule has 0 aliphatic carbocycles. The standard InChI is InChI=1S/C34H34ClN3O6S/c1-2-36-34(40)30(21-25-10-5-3-6-11-25)37(23-26-12-9-13-27(35)20-26)33(39)24-38(45(41,42)29-14-7-4-8-15-29)28-16-17-31-32(22-28)44-19-18-43-31/h3-17,20,22,30H,2,18-19,21,23-24H2,1H3,(H,36,40)/t30-/m0/s1. The molecule has 0 spiro atoms. The van der Waals surface area contributed by atoms with E-state index in [9.17, 15) is 18.0 Å². The maximum atomic E-state index is 14.5. The molecular weight excluding hydrogens is 614 g/mol. The van der Waals surface area contributed by atoms with Crippen LogP contribution < -0.4 is 19.1 Å². The zero-order valence-corrected chi connectivity index (χ0v) is 26.3. The molecule has 0 radical (unpaired) electrons. The Morgan fingerprint density at radius 2 is 1.51 bits per heavy atom. The number of nitrogens with one attached hydrogen (secondary N) is 1. The third kappa shape index (κ3) is 7.76. The Hall–Kier alpha value is -4.54. The minimum Gasteiger partial charge on any atom is -0.486 e. The van der Waals surface area contributed by atoms with Gasteiger partial charge in [0.05, 0.1) is 10.6 Å². The zero-order chi connectivity index (χ0) is 31.8. The first-order valence-electron chi connectivity index (χ1n) is 14.6. The predicted molar refractivity (Wildman–Crippen MR) is 173 cm³/mol. The molecule has 1 aliphatic rings. The van der Waals surface area contributed by atoms with Gasteiger partial charge in [-0.15, -0.1) is 0 Å². The van der Waals surface area contributed by atoms with Gasteiger partial charge in [-0.1, -0.05) is 72.3 Å². The summed E-state index contributed by atoms with van der Waals surface area (Å²) in [7, 11) is -4.24. The molecule has 0 unspecified atom stereocenters. The van der Waals surface area contributed by atoms with E-state index in [1.54, 1.807) is 61.5 Å². The molecule has 5 rings (SSSR count). The first kappa shape index (κ1) is 31.9. The number of sulfonamides is 1. The van der Waals surface area contributed by atoms with Gasteiger partial charge in [0.2, 0.25) is 11.8 Å². The number of hydrogen-bond donors (Lipinski definition) is 1. The van der Waals surface area contributed by atoms with Crippen LogP contribution in [0.15, 0.2) is 108 Å². The van der Waals surface area contributed by atoms with E-state index < -0.39 is 28.5 Å². The van der Waals surface area contributed by atoms with Crippen molar-refractivity contribution in [2.75, 3.05) is 30.6 Å². The summed E-state index contributed by atoms with van der Waals surface area (Å²) in [4.78, 5) is 29.5. The van der Waals surface area contributed by atoms with Crippen molar-refractivity contribution in [3.8, 4) is 11.5 Å². The molecule has 4 aromatic rings. The summed E-state index contributed by atoms with van der Waals surface area (Å²) in [5.74, 6) is -0.0697. The van der Waals surface area contributed by atoms with Gasteiger partial charge in [0.15, 0.2) is 11.5 Å². The minimum atomic E-state index is -4.24. The topological polar surface area (TPSA) is 105 Å². The molecule has 234 valence electrons. The van der Waals surface area contributed by atoms with Gasteiger partial charge in [-0.2, -0.15) is 0 Å². The maximum Gasteiger partial charge on any atom is 0.264 e. The fraction of sp³-hybridized carbons (Fsp3) is 0.235. The summed E-state index contributed by atoms with van der Waals surface area (Å²) in [6.07, 6.45) is 0.217. The SMILES string of the molecule is CCNC(=O)[C@H](Cc1ccccc1)N(Cc1cccc(Cl)c1)C(=O)CN(c1ccc2c(c1)OCCO2)S(=O)(=O)c1ccccc1. The highest BCUT2D eigenvalue weighted by molar-refractivity contribution is 7.92. The molecule has 1 aliphatic heterocycles. The van der Waals surface area contributed by atoms with Crippen molar-refractivity contribution < 1.29 is 27.5 Å². The van der Waals surface area contributed by atoms with Gasteiger partial charge in [0, 0.05) is 30.6 Å².